The van der Waals surface area contributed by atoms with E-state index in [2.05, 4.69) is 24.3 Å². The molecule has 4 aromatic rings. The van der Waals surface area contributed by atoms with Gasteiger partial charge in [-0.05, 0) is 57.6 Å². The molecule has 0 radical (unpaired) electrons. The lowest BCUT2D eigenvalue weighted by molar-refractivity contribution is -0.384. The van der Waals surface area contributed by atoms with Crippen LogP contribution in [0, 0.1) is 22.0 Å². The fourth-order valence-electron chi connectivity index (χ4n) is 6.51. The Hall–Kier alpha value is -4.58. The van der Waals surface area contributed by atoms with E-state index in [1.165, 1.54) is 17.0 Å². The Morgan fingerprint density at radius 2 is 0.972 bits per heavy atom. The third-order valence-electron chi connectivity index (χ3n) is 7.99. The van der Waals surface area contributed by atoms with Crippen LogP contribution in [0.1, 0.15) is 34.1 Å². The van der Waals surface area contributed by atoms with Crippen LogP contribution in [-0.4, -0.2) is 16.7 Å². The van der Waals surface area contributed by atoms with Crippen LogP contribution in [0.2, 0.25) is 0 Å². The van der Waals surface area contributed by atoms with Gasteiger partial charge in [0.05, 0.1) is 22.4 Å². The number of carbonyl (C=O) groups is 2. The highest BCUT2D eigenvalue weighted by molar-refractivity contribution is 6.23. The van der Waals surface area contributed by atoms with E-state index in [0.717, 1.165) is 33.4 Å². The molecule has 2 bridgehead atoms. The van der Waals surface area contributed by atoms with Crippen molar-refractivity contribution in [2.24, 2.45) is 11.8 Å². The second-order valence-corrected chi connectivity index (χ2v) is 9.63. The van der Waals surface area contributed by atoms with Gasteiger partial charge in [0, 0.05) is 24.0 Å². The van der Waals surface area contributed by atoms with Crippen molar-refractivity contribution in [2.45, 2.75) is 11.8 Å². The van der Waals surface area contributed by atoms with Crippen LogP contribution in [0.25, 0.3) is 11.1 Å². The first-order valence-electron chi connectivity index (χ1n) is 11.9. The number of amides is 2. The number of rotatable bonds is 3. The number of benzene rings is 4. The van der Waals surface area contributed by atoms with Gasteiger partial charge in [-0.3, -0.25) is 19.7 Å². The first-order valence-corrected chi connectivity index (χ1v) is 11.9. The fourth-order valence-corrected chi connectivity index (χ4v) is 6.51. The fraction of sp³-hybridized carbons (Fsp3) is 0.133. The van der Waals surface area contributed by atoms with Crippen molar-refractivity contribution in [2.75, 3.05) is 4.90 Å². The van der Waals surface area contributed by atoms with Crippen molar-refractivity contribution >= 4 is 23.2 Å². The van der Waals surface area contributed by atoms with E-state index in [1.807, 2.05) is 36.4 Å². The van der Waals surface area contributed by atoms with Crippen LogP contribution in [0.4, 0.5) is 11.4 Å². The van der Waals surface area contributed by atoms with Crippen molar-refractivity contribution < 1.29 is 14.5 Å². The van der Waals surface area contributed by atoms with Crippen molar-refractivity contribution in [1.29, 1.82) is 0 Å². The van der Waals surface area contributed by atoms with Gasteiger partial charge in [-0.2, -0.15) is 0 Å². The second-order valence-electron chi connectivity index (χ2n) is 9.63. The van der Waals surface area contributed by atoms with Gasteiger partial charge in [0.1, 0.15) is 0 Å². The molecule has 0 spiro atoms. The zero-order valence-corrected chi connectivity index (χ0v) is 19.1. The summed E-state index contributed by atoms with van der Waals surface area (Å²) in [4.78, 5) is 39.6. The summed E-state index contributed by atoms with van der Waals surface area (Å²) in [6.45, 7) is 0. The maximum atomic E-state index is 13.9. The topological polar surface area (TPSA) is 80.5 Å². The highest BCUT2D eigenvalue weighted by Gasteiger charge is 2.61. The Bertz CT molecular complexity index is 1460. The molecule has 4 aromatic carbocycles. The molecule has 1 heterocycles. The van der Waals surface area contributed by atoms with Crippen LogP contribution >= 0.6 is 0 Å². The Labute approximate surface area is 207 Å². The maximum absolute atomic E-state index is 13.9. The summed E-state index contributed by atoms with van der Waals surface area (Å²) in [5, 5.41) is 10.9. The standard InChI is InChI=1S/C30H20N2O4/c33-29-27-25-21-5-1-2-6-22(21)26(24-8-4-3-7-23(24)25)28(27)30(34)31(29)19-13-9-17(10-14-19)18-11-15-20(16-12-18)32(35)36/h1-16,25-28H/t25?,26?,27-,28-/m0/s1. The number of nitro benzene ring substituents is 1. The van der Waals surface area contributed by atoms with Crippen LogP contribution in [0.15, 0.2) is 97.1 Å². The molecule has 174 valence electrons. The van der Waals surface area contributed by atoms with Gasteiger partial charge in [0.15, 0.2) is 0 Å². The number of hydrogen-bond acceptors (Lipinski definition) is 4. The second kappa shape index (κ2) is 7.46. The zero-order valence-electron chi connectivity index (χ0n) is 19.1. The lowest BCUT2D eigenvalue weighted by atomic mass is 9.55. The van der Waals surface area contributed by atoms with Gasteiger partial charge in [-0.1, -0.05) is 60.7 Å². The number of nitro groups is 1. The number of imide groups is 1. The third kappa shape index (κ3) is 2.72. The molecule has 1 aliphatic heterocycles. The largest absolute Gasteiger partial charge is 0.274 e. The lowest BCUT2D eigenvalue weighted by Crippen LogP contribution is -2.41. The van der Waals surface area contributed by atoms with Gasteiger partial charge < -0.3 is 0 Å². The molecule has 1 saturated heterocycles. The van der Waals surface area contributed by atoms with Crippen molar-refractivity contribution in [3.63, 3.8) is 0 Å². The predicted octanol–water partition coefficient (Wildman–Crippen LogP) is 5.66. The first-order chi connectivity index (χ1) is 17.5. The van der Waals surface area contributed by atoms with E-state index in [0.29, 0.717) is 5.69 Å². The third-order valence-corrected chi connectivity index (χ3v) is 7.99. The number of nitrogens with zero attached hydrogens (tertiary/aromatic N) is 2. The molecular weight excluding hydrogens is 452 g/mol. The molecule has 6 heteroatoms. The minimum Gasteiger partial charge on any atom is -0.274 e. The van der Waals surface area contributed by atoms with Crippen LogP contribution < -0.4 is 4.90 Å². The quantitative estimate of drug-likeness (QED) is 0.219. The first kappa shape index (κ1) is 20.8. The molecule has 0 N–H and O–H groups in total. The van der Waals surface area contributed by atoms with Gasteiger partial charge in [-0.15, -0.1) is 0 Å². The van der Waals surface area contributed by atoms with E-state index in [-0.39, 0.29) is 29.3 Å². The average Bonchev–Trinajstić information content (AvgIpc) is 3.19. The summed E-state index contributed by atoms with van der Waals surface area (Å²) in [6.07, 6.45) is 0. The van der Waals surface area contributed by atoms with Crippen LogP contribution in [0.3, 0.4) is 0 Å². The summed E-state index contributed by atoms with van der Waals surface area (Å²) < 4.78 is 0. The zero-order chi connectivity index (χ0) is 24.6. The Morgan fingerprint density at radius 1 is 0.583 bits per heavy atom. The van der Waals surface area contributed by atoms with Gasteiger partial charge >= 0.3 is 0 Å². The molecule has 0 unspecified atom stereocenters. The average molecular weight is 473 g/mol. The predicted molar refractivity (Wildman–Crippen MR) is 135 cm³/mol. The molecule has 1 fully saturated rings. The molecule has 0 aromatic heterocycles. The van der Waals surface area contributed by atoms with Gasteiger partial charge in [0.2, 0.25) is 11.8 Å². The van der Waals surface area contributed by atoms with Crippen molar-refractivity contribution in [1.82, 2.24) is 0 Å². The van der Waals surface area contributed by atoms with Crippen LogP contribution in [-0.2, 0) is 9.59 Å². The molecular formula is C30H20N2O4. The van der Waals surface area contributed by atoms with Crippen LogP contribution in [0.5, 0.6) is 0 Å². The summed E-state index contributed by atoms with van der Waals surface area (Å²) in [5.74, 6) is -1.39. The summed E-state index contributed by atoms with van der Waals surface area (Å²) in [7, 11) is 0. The van der Waals surface area contributed by atoms with E-state index in [1.54, 1.807) is 24.3 Å². The molecule has 0 saturated carbocycles. The van der Waals surface area contributed by atoms with E-state index in [4.69, 9.17) is 0 Å². The monoisotopic (exact) mass is 472 g/mol. The number of hydrogen-bond donors (Lipinski definition) is 0. The van der Waals surface area contributed by atoms with Crippen molar-refractivity contribution in [3.8, 4) is 11.1 Å². The minimum atomic E-state index is -0.430. The highest BCUT2D eigenvalue weighted by atomic mass is 16.6. The molecule has 6 nitrogen and oxygen atoms in total. The van der Waals surface area contributed by atoms with Crippen molar-refractivity contribution in [3.05, 3.63) is 129 Å². The summed E-state index contributed by atoms with van der Waals surface area (Å²) in [6, 6.07) is 30.0. The Balaban J connectivity index is 1.27. The normalized spacial score (nSPS) is 23.3. The van der Waals surface area contributed by atoms with Gasteiger partial charge in [0.25, 0.3) is 5.69 Å². The molecule has 4 aliphatic rings. The minimum absolute atomic E-state index is 0.0304. The van der Waals surface area contributed by atoms with E-state index < -0.39 is 16.8 Å². The maximum Gasteiger partial charge on any atom is 0.269 e. The smallest absolute Gasteiger partial charge is 0.269 e. The molecule has 2 atom stereocenters. The highest BCUT2D eigenvalue weighted by Crippen LogP contribution is 2.61. The Morgan fingerprint density at radius 3 is 1.36 bits per heavy atom. The molecule has 36 heavy (non-hydrogen) atoms. The molecule has 2 amide bonds. The van der Waals surface area contributed by atoms with Gasteiger partial charge in [-0.25, -0.2) is 4.90 Å². The lowest BCUT2D eigenvalue weighted by Gasteiger charge is -2.45. The number of non-ortho nitro benzene ring substituents is 1. The van der Waals surface area contributed by atoms with E-state index >= 15 is 0 Å². The number of carbonyl (C=O) groups excluding carboxylic acids is 2. The molecule has 3 aliphatic carbocycles. The molecule has 8 rings (SSSR count). The Kier molecular flexibility index (Phi) is 4.30. The van der Waals surface area contributed by atoms with E-state index in [9.17, 15) is 19.7 Å². The number of anilines is 1. The summed E-state index contributed by atoms with van der Waals surface area (Å²) >= 11 is 0. The summed E-state index contributed by atoms with van der Waals surface area (Å²) in [5.41, 5.74) is 6.87. The SMILES string of the molecule is O=C1[C@H]2C3c4ccccc4C(c4ccccc43)[C@@H]2C(=O)N1c1ccc(-c2ccc([N+](=O)[O-])cc2)cc1.